The zero-order chi connectivity index (χ0) is 24.1. The molecule has 0 aliphatic heterocycles. The number of rotatable bonds is 9. The maximum absolute atomic E-state index is 12.6. The van der Waals surface area contributed by atoms with Crippen LogP contribution in [0.3, 0.4) is 0 Å². The molecule has 3 rings (SSSR count). The standard InChI is InChI=1S/C21H22Cl2N4O4S2/c1-5-27-16(9-31-15-7-6-13(22)8-14(15)23)25-26-21(27)32-10-17(28)24-19-18(20(29)30-4)11(2)12(3)33-19/h6-8H,5,9-10H2,1-4H3,(H,24,28). The Kier molecular flexibility index (Phi) is 8.63. The summed E-state index contributed by atoms with van der Waals surface area (Å²) in [6, 6.07) is 4.98. The molecule has 0 radical (unpaired) electrons. The molecule has 12 heteroatoms. The molecule has 33 heavy (non-hydrogen) atoms. The molecule has 0 aliphatic carbocycles. The second-order valence-electron chi connectivity index (χ2n) is 6.82. The van der Waals surface area contributed by atoms with Gasteiger partial charge in [0.2, 0.25) is 5.91 Å². The molecular formula is C21H22Cl2N4O4S2. The summed E-state index contributed by atoms with van der Waals surface area (Å²) in [6.07, 6.45) is 0. The summed E-state index contributed by atoms with van der Waals surface area (Å²) in [5.74, 6) is 0.449. The minimum absolute atomic E-state index is 0.0958. The van der Waals surface area contributed by atoms with Gasteiger partial charge in [-0.25, -0.2) is 4.79 Å². The Morgan fingerprint density at radius 1 is 1.24 bits per heavy atom. The second-order valence-corrected chi connectivity index (χ2v) is 9.83. The molecule has 1 aromatic carbocycles. The maximum atomic E-state index is 12.6. The Morgan fingerprint density at radius 2 is 2.00 bits per heavy atom. The Morgan fingerprint density at radius 3 is 2.67 bits per heavy atom. The number of amides is 1. The van der Waals surface area contributed by atoms with Crippen molar-refractivity contribution in [2.24, 2.45) is 0 Å². The van der Waals surface area contributed by atoms with Gasteiger partial charge in [0.05, 0.1) is 23.4 Å². The van der Waals surface area contributed by atoms with Crippen LogP contribution in [-0.4, -0.2) is 39.5 Å². The van der Waals surface area contributed by atoms with Gasteiger partial charge in [0.15, 0.2) is 11.0 Å². The molecule has 0 bridgehead atoms. The maximum Gasteiger partial charge on any atom is 0.341 e. The third kappa shape index (κ3) is 6.00. The van der Waals surface area contributed by atoms with Gasteiger partial charge in [0.25, 0.3) is 0 Å². The molecule has 0 saturated carbocycles. The highest BCUT2D eigenvalue weighted by Gasteiger charge is 2.22. The summed E-state index contributed by atoms with van der Waals surface area (Å²) < 4.78 is 12.5. The van der Waals surface area contributed by atoms with Crippen LogP contribution in [0.2, 0.25) is 10.0 Å². The number of nitrogens with zero attached hydrogens (tertiary/aromatic N) is 3. The van der Waals surface area contributed by atoms with Crippen LogP contribution in [0.25, 0.3) is 0 Å². The third-order valence-electron chi connectivity index (χ3n) is 4.72. The summed E-state index contributed by atoms with van der Waals surface area (Å²) in [5, 5.41) is 13.2. The van der Waals surface area contributed by atoms with Crippen LogP contribution < -0.4 is 10.1 Å². The van der Waals surface area contributed by atoms with Gasteiger partial charge in [0, 0.05) is 16.4 Å². The molecular weight excluding hydrogens is 507 g/mol. The zero-order valence-electron chi connectivity index (χ0n) is 18.4. The molecule has 0 saturated heterocycles. The van der Waals surface area contributed by atoms with E-state index in [1.165, 1.54) is 30.2 Å². The van der Waals surface area contributed by atoms with Gasteiger partial charge in [0.1, 0.15) is 17.4 Å². The van der Waals surface area contributed by atoms with Gasteiger partial charge in [-0.2, -0.15) is 0 Å². The number of carbonyl (C=O) groups is 2. The van der Waals surface area contributed by atoms with Crippen molar-refractivity contribution in [3.8, 4) is 5.75 Å². The van der Waals surface area contributed by atoms with Gasteiger partial charge in [-0.15, -0.1) is 21.5 Å². The number of carbonyl (C=O) groups excluding carboxylic acids is 2. The van der Waals surface area contributed by atoms with Crippen molar-refractivity contribution in [3.63, 3.8) is 0 Å². The van der Waals surface area contributed by atoms with Gasteiger partial charge < -0.3 is 19.4 Å². The summed E-state index contributed by atoms with van der Waals surface area (Å²) >= 11 is 14.6. The SMILES string of the molecule is CCn1c(COc2ccc(Cl)cc2Cl)nnc1SCC(=O)Nc1sc(C)c(C)c1C(=O)OC. The van der Waals surface area contributed by atoms with Gasteiger partial charge in [-0.05, 0) is 44.5 Å². The molecule has 0 atom stereocenters. The minimum atomic E-state index is -0.476. The highest BCUT2D eigenvalue weighted by molar-refractivity contribution is 7.99. The van der Waals surface area contributed by atoms with Crippen molar-refractivity contribution in [1.82, 2.24) is 14.8 Å². The molecule has 176 valence electrons. The smallest absolute Gasteiger partial charge is 0.341 e. The van der Waals surface area contributed by atoms with E-state index in [0.717, 1.165) is 10.4 Å². The number of ether oxygens (including phenoxy) is 2. The fourth-order valence-electron chi connectivity index (χ4n) is 2.94. The first-order chi connectivity index (χ1) is 15.7. The van der Waals surface area contributed by atoms with Crippen molar-refractivity contribution in [2.45, 2.75) is 39.1 Å². The van der Waals surface area contributed by atoms with E-state index in [1.54, 1.807) is 18.2 Å². The molecule has 3 aromatic rings. The van der Waals surface area contributed by atoms with Crippen LogP contribution in [0.15, 0.2) is 23.4 Å². The lowest BCUT2D eigenvalue weighted by atomic mass is 10.1. The molecule has 0 unspecified atom stereocenters. The molecule has 2 heterocycles. The fraction of sp³-hybridized carbons (Fsp3) is 0.333. The van der Waals surface area contributed by atoms with Gasteiger partial charge in [-0.3, -0.25) is 4.79 Å². The first kappa shape index (κ1) is 25.4. The highest BCUT2D eigenvalue weighted by Crippen LogP contribution is 2.33. The van der Waals surface area contributed by atoms with Crippen LogP contribution in [0.1, 0.15) is 33.5 Å². The highest BCUT2D eigenvalue weighted by atomic mass is 35.5. The molecule has 0 aliphatic rings. The third-order valence-corrected chi connectivity index (χ3v) is 7.34. The lowest BCUT2D eigenvalue weighted by Gasteiger charge is -2.10. The van der Waals surface area contributed by atoms with Crippen molar-refractivity contribution in [2.75, 3.05) is 18.2 Å². The summed E-state index contributed by atoms with van der Waals surface area (Å²) in [4.78, 5) is 25.6. The Labute approximate surface area is 209 Å². The first-order valence-electron chi connectivity index (χ1n) is 9.86. The quantitative estimate of drug-likeness (QED) is 0.294. The second kappa shape index (κ2) is 11.2. The lowest BCUT2D eigenvalue weighted by Crippen LogP contribution is -2.16. The predicted octanol–water partition coefficient (Wildman–Crippen LogP) is 5.38. The van der Waals surface area contributed by atoms with E-state index < -0.39 is 5.97 Å². The number of thiophene rings is 1. The molecule has 0 fully saturated rings. The van der Waals surface area contributed by atoms with Crippen molar-refractivity contribution in [3.05, 3.63) is 50.1 Å². The zero-order valence-corrected chi connectivity index (χ0v) is 21.5. The number of benzene rings is 1. The monoisotopic (exact) mass is 528 g/mol. The minimum Gasteiger partial charge on any atom is -0.484 e. The van der Waals surface area contributed by atoms with Crippen LogP contribution in [0.5, 0.6) is 5.75 Å². The van der Waals surface area contributed by atoms with E-state index in [4.69, 9.17) is 32.7 Å². The summed E-state index contributed by atoms with van der Waals surface area (Å²) in [5.41, 5.74) is 1.18. The topological polar surface area (TPSA) is 95.3 Å². The van der Waals surface area contributed by atoms with E-state index in [2.05, 4.69) is 15.5 Å². The number of thioether (sulfide) groups is 1. The Hall–Kier alpha value is -2.27. The van der Waals surface area contributed by atoms with Crippen molar-refractivity contribution < 1.29 is 19.1 Å². The number of aromatic nitrogens is 3. The van der Waals surface area contributed by atoms with E-state index in [9.17, 15) is 9.59 Å². The van der Waals surface area contributed by atoms with Crippen LogP contribution in [0, 0.1) is 13.8 Å². The number of aryl methyl sites for hydroxylation is 1. The van der Waals surface area contributed by atoms with E-state index in [0.29, 0.717) is 43.9 Å². The van der Waals surface area contributed by atoms with Crippen LogP contribution >= 0.6 is 46.3 Å². The number of halogens is 2. The Bertz CT molecular complexity index is 1180. The molecule has 1 N–H and O–H groups in total. The number of esters is 1. The number of methoxy groups -OCH3 is 1. The number of hydrogen-bond acceptors (Lipinski definition) is 8. The lowest BCUT2D eigenvalue weighted by molar-refractivity contribution is -0.113. The van der Waals surface area contributed by atoms with Crippen molar-refractivity contribution >= 4 is 63.2 Å². The average Bonchev–Trinajstić information content (AvgIpc) is 3.30. The van der Waals surface area contributed by atoms with Gasteiger partial charge in [-0.1, -0.05) is 35.0 Å². The summed E-state index contributed by atoms with van der Waals surface area (Å²) in [7, 11) is 1.32. The van der Waals surface area contributed by atoms with Gasteiger partial charge >= 0.3 is 5.97 Å². The van der Waals surface area contributed by atoms with Crippen LogP contribution in [-0.2, 0) is 22.7 Å². The van der Waals surface area contributed by atoms with Crippen LogP contribution in [0.4, 0.5) is 5.00 Å². The van der Waals surface area contributed by atoms with Crippen molar-refractivity contribution in [1.29, 1.82) is 0 Å². The first-order valence-corrected chi connectivity index (χ1v) is 12.4. The predicted molar refractivity (Wildman–Crippen MR) is 131 cm³/mol. The number of hydrogen-bond donors (Lipinski definition) is 1. The van der Waals surface area contributed by atoms with E-state index in [-0.39, 0.29) is 18.3 Å². The molecule has 0 spiro atoms. The Balaban J connectivity index is 1.64. The molecule has 8 nitrogen and oxygen atoms in total. The van der Waals surface area contributed by atoms with E-state index >= 15 is 0 Å². The number of anilines is 1. The average molecular weight is 529 g/mol. The normalized spacial score (nSPS) is 10.8. The fourth-order valence-corrected chi connectivity index (χ4v) is 5.29. The molecule has 1 amide bonds. The molecule has 2 aromatic heterocycles. The van der Waals surface area contributed by atoms with E-state index in [1.807, 2.05) is 25.3 Å². The number of nitrogens with one attached hydrogen (secondary N) is 1. The largest absolute Gasteiger partial charge is 0.484 e. The summed E-state index contributed by atoms with van der Waals surface area (Å²) in [6.45, 7) is 6.42.